The van der Waals surface area contributed by atoms with Gasteiger partial charge in [-0.1, -0.05) is 0 Å². The number of anilines is 1. The first-order valence-corrected chi connectivity index (χ1v) is 8.12. The molecule has 3 heterocycles. The molecule has 2 aromatic rings. The van der Waals surface area contributed by atoms with E-state index in [1.807, 2.05) is 32.7 Å². The Morgan fingerprint density at radius 2 is 2.12 bits per heavy atom. The number of hydrogen-bond acceptors (Lipinski definition) is 8. The number of carbonyl (C=O) groups excluding carboxylic acids is 1. The quantitative estimate of drug-likeness (QED) is 0.874. The molecule has 0 saturated carbocycles. The largest absolute Gasteiger partial charge is 0.492 e. The van der Waals surface area contributed by atoms with E-state index in [0.29, 0.717) is 30.1 Å². The number of carbonyl (C=O) groups is 1. The van der Waals surface area contributed by atoms with Crippen LogP contribution in [-0.2, 0) is 4.74 Å². The third-order valence-electron chi connectivity index (χ3n) is 4.02. The Kier molecular flexibility index (Phi) is 4.32. The van der Waals surface area contributed by atoms with Crippen molar-refractivity contribution < 1.29 is 14.6 Å². The lowest BCUT2D eigenvalue weighted by Crippen LogP contribution is -2.39. The number of amides is 1. The second-order valence-electron chi connectivity index (χ2n) is 7.08. The van der Waals surface area contributed by atoms with Crippen LogP contribution in [0, 0.1) is 0 Å². The molecular weight excluding hydrogens is 324 g/mol. The van der Waals surface area contributed by atoms with Crippen molar-refractivity contribution in [1.82, 2.24) is 24.8 Å². The Hall–Kier alpha value is -2.71. The van der Waals surface area contributed by atoms with Crippen molar-refractivity contribution in [2.45, 2.75) is 38.8 Å². The van der Waals surface area contributed by atoms with Crippen molar-refractivity contribution in [2.24, 2.45) is 0 Å². The van der Waals surface area contributed by atoms with Crippen molar-refractivity contribution in [1.29, 1.82) is 0 Å². The van der Waals surface area contributed by atoms with E-state index >= 15 is 0 Å². The number of rotatable bonds is 2. The van der Waals surface area contributed by atoms with Gasteiger partial charge < -0.3 is 19.6 Å². The lowest BCUT2D eigenvalue weighted by atomic mass is 10.2. The van der Waals surface area contributed by atoms with Gasteiger partial charge in [-0.15, -0.1) is 0 Å². The molecule has 1 N–H and O–H groups in total. The van der Waals surface area contributed by atoms with Gasteiger partial charge >= 0.3 is 6.09 Å². The molecule has 0 aliphatic carbocycles. The maximum absolute atomic E-state index is 12.2. The van der Waals surface area contributed by atoms with Gasteiger partial charge in [-0.2, -0.15) is 0 Å². The van der Waals surface area contributed by atoms with E-state index < -0.39 is 5.60 Å². The van der Waals surface area contributed by atoms with Crippen LogP contribution in [-0.4, -0.2) is 67.8 Å². The second-order valence-corrected chi connectivity index (χ2v) is 7.08. The topological polar surface area (TPSA) is 105 Å². The first kappa shape index (κ1) is 17.1. The highest BCUT2D eigenvalue weighted by atomic mass is 16.6. The van der Waals surface area contributed by atoms with Crippen LogP contribution in [0.1, 0.15) is 27.2 Å². The lowest BCUT2D eigenvalue weighted by molar-refractivity contribution is 0.0292. The van der Waals surface area contributed by atoms with Crippen molar-refractivity contribution >= 4 is 23.1 Å². The van der Waals surface area contributed by atoms with Gasteiger partial charge in [-0.3, -0.25) is 0 Å². The molecule has 9 heteroatoms. The summed E-state index contributed by atoms with van der Waals surface area (Å²) in [6.07, 6.45) is 3.29. The van der Waals surface area contributed by atoms with Gasteiger partial charge in [0.05, 0.1) is 12.2 Å². The molecular formula is C16H22N6O3. The van der Waals surface area contributed by atoms with Gasteiger partial charge in [0.15, 0.2) is 5.52 Å². The SMILES string of the molecule is CN(c1ncc2ncnc(O)c2n1)C1CCN(C(=O)OC(C)(C)C)C1. The minimum absolute atomic E-state index is 0.0664. The van der Waals surface area contributed by atoms with Gasteiger partial charge in [-0.25, -0.2) is 24.7 Å². The molecule has 1 saturated heterocycles. The fourth-order valence-corrected chi connectivity index (χ4v) is 2.72. The molecule has 1 amide bonds. The predicted molar refractivity (Wildman–Crippen MR) is 91.4 cm³/mol. The fraction of sp³-hybridized carbons (Fsp3) is 0.562. The number of likely N-dealkylation sites (tertiary alicyclic amines) is 1. The Bertz CT molecular complexity index is 791. The molecule has 1 aliphatic rings. The average Bonchev–Trinajstić information content (AvgIpc) is 3.03. The molecule has 2 aromatic heterocycles. The molecule has 1 unspecified atom stereocenters. The number of likely N-dealkylation sites (N-methyl/N-ethyl adjacent to an activating group) is 1. The van der Waals surface area contributed by atoms with E-state index in [1.54, 1.807) is 11.1 Å². The number of hydrogen-bond donors (Lipinski definition) is 1. The highest BCUT2D eigenvalue weighted by Gasteiger charge is 2.32. The molecule has 0 aromatic carbocycles. The zero-order chi connectivity index (χ0) is 18.2. The summed E-state index contributed by atoms with van der Waals surface area (Å²) in [4.78, 5) is 32.2. The Balaban J connectivity index is 1.73. The normalized spacial score (nSPS) is 17.8. The summed E-state index contributed by atoms with van der Waals surface area (Å²) in [5.74, 6) is 0.275. The first-order chi connectivity index (χ1) is 11.7. The molecule has 1 fully saturated rings. The van der Waals surface area contributed by atoms with E-state index in [9.17, 15) is 9.90 Å². The summed E-state index contributed by atoms with van der Waals surface area (Å²) in [6, 6.07) is 0.0664. The molecule has 25 heavy (non-hydrogen) atoms. The zero-order valence-electron chi connectivity index (χ0n) is 14.8. The zero-order valence-corrected chi connectivity index (χ0v) is 14.8. The minimum Gasteiger partial charge on any atom is -0.492 e. The predicted octanol–water partition coefficient (Wildman–Crippen LogP) is 1.57. The molecule has 1 aliphatic heterocycles. The van der Waals surface area contributed by atoms with Crippen LogP contribution in [0.15, 0.2) is 12.5 Å². The van der Waals surface area contributed by atoms with Crippen LogP contribution in [0.2, 0.25) is 0 Å². The first-order valence-electron chi connectivity index (χ1n) is 8.12. The molecule has 0 bridgehead atoms. The monoisotopic (exact) mass is 346 g/mol. The smallest absolute Gasteiger partial charge is 0.410 e. The number of aromatic hydroxyl groups is 1. The van der Waals surface area contributed by atoms with Gasteiger partial charge in [0, 0.05) is 20.1 Å². The van der Waals surface area contributed by atoms with Crippen LogP contribution in [0.25, 0.3) is 11.0 Å². The number of nitrogens with zero attached hydrogens (tertiary/aromatic N) is 6. The van der Waals surface area contributed by atoms with Crippen molar-refractivity contribution in [3.63, 3.8) is 0 Å². The summed E-state index contributed by atoms with van der Waals surface area (Å²) in [7, 11) is 1.87. The summed E-state index contributed by atoms with van der Waals surface area (Å²) >= 11 is 0. The highest BCUT2D eigenvalue weighted by Crippen LogP contribution is 2.23. The van der Waals surface area contributed by atoms with Crippen LogP contribution in [0.5, 0.6) is 5.88 Å². The Labute approximate surface area is 145 Å². The number of aromatic nitrogens is 4. The number of ether oxygens (including phenoxy) is 1. The summed E-state index contributed by atoms with van der Waals surface area (Å²) in [5.41, 5.74) is 0.271. The van der Waals surface area contributed by atoms with E-state index in [4.69, 9.17) is 4.74 Å². The van der Waals surface area contributed by atoms with Crippen LogP contribution >= 0.6 is 0 Å². The molecule has 1 atom stereocenters. The number of fused-ring (bicyclic) bond motifs is 1. The molecule has 134 valence electrons. The van der Waals surface area contributed by atoms with Crippen LogP contribution in [0.3, 0.4) is 0 Å². The van der Waals surface area contributed by atoms with Crippen molar-refractivity contribution in [2.75, 3.05) is 25.0 Å². The van der Waals surface area contributed by atoms with Crippen LogP contribution < -0.4 is 4.90 Å². The highest BCUT2D eigenvalue weighted by molar-refractivity contribution is 5.78. The summed E-state index contributed by atoms with van der Waals surface area (Å²) in [6.45, 7) is 6.70. The molecule has 0 spiro atoms. The van der Waals surface area contributed by atoms with E-state index in [2.05, 4.69) is 19.9 Å². The maximum atomic E-state index is 12.2. The third-order valence-corrected chi connectivity index (χ3v) is 4.02. The Morgan fingerprint density at radius 3 is 2.84 bits per heavy atom. The van der Waals surface area contributed by atoms with E-state index in [0.717, 1.165) is 6.42 Å². The standard InChI is InChI=1S/C16H22N6O3/c1-16(2,3)25-15(24)22-6-5-10(8-22)21(4)14-17-7-11-12(20-14)13(23)19-9-18-11/h7,9-10H,5-6,8H2,1-4H3,(H,18,19,23). The van der Waals surface area contributed by atoms with E-state index in [-0.39, 0.29) is 18.0 Å². The molecule has 3 rings (SSSR count). The van der Waals surface area contributed by atoms with Gasteiger partial charge in [0.25, 0.3) is 0 Å². The third kappa shape index (κ3) is 3.70. The average molecular weight is 346 g/mol. The van der Waals surface area contributed by atoms with Gasteiger partial charge in [0.1, 0.15) is 17.4 Å². The maximum Gasteiger partial charge on any atom is 0.410 e. The molecule has 0 radical (unpaired) electrons. The Morgan fingerprint density at radius 1 is 1.36 bits per heavy atom. The van der Waals surface area contributed by atoms with Crippen molar-refractivity contribution in [3.8, 4) is 5.88 Å². The van der Waals surface area contributed by atoms with Crippen molar-refractivity contribution in [3.05, 3.63) is 12.5 Å². The lowest BCUT2D eigenvalue weighted by Gasteiger charge is -2.26. The van der Waals surface area contributed by atoms with E-state index in [1.165, 1.54) is 6.33 Å². The summed E-state index contributed by atoms with van der Waals surface area (Å²) in [5, 5.41) is 9.84. The molecule has 9 nitrogen and oxygen atoms in total. The van der Waals surface area contributed by atoms with Gasteiger partial charge in [0.2, 0.25) is 11.8 Å². The summed E-state index contributed by atoms with van der Waals surface area (Å²) < 4.78 is 5.42. The second kappa shape index (κ2) is 6.30. The fourth-order valence-electron chi connectivity index (χ4n) is 2.72. The van der Waals surface area contributed by atoms with Crippen LogP contribution in [0.4, 0.5) is 10.7 Å². The minimum atomic E-state index is -0.514. The van der Waals surface area contributed by atoms with Gasteiger partial charge in [-0.05, 0) is 27.2 Å².